The highest BCUT2D eigenvalue weighted by molar-refractivity contribution is 6.31. The van der Waals surface area contributed by atoms with Crippen molar-refractivity contribution in [1.29, 1.82) is 0 Å². The third-order valence-electron chi connectivity index (χ3n) is 4.64. The molecule has 0 fully saturated rings. The number of rotatable bonds is 9. The van der Waals surface area contributed by atoms with Gasteiger partial charge in [0, 0.05) is 18.1 Å². The summed E-state index contributed by atoms with van der Waals surface area (Å²) < 4.78 is 0. The zero-order valence-corrected chi connectivity index (χ0v) is 17.6. The van der Waals surface area contributed by atoms with Crippen molar-refractivity contribution in [2.75, 3.05) is 13.1 Å². The molecule has 5 heteroatoms. The van der Waals surface area contributed by atoms with Crippen molar-refractivity contribution in [1.82, 2.24) is 10.2 Å². The Morgan fingerprint density at radius 2 is 1.64 bits per heavy atom. The van der Waals surface area contributed by atoms with Crippen LogP contribution in [0.4, 0.5) is 0 Å². The summed E-state index contributed by atoms with van der Waals surface area (Å²) in [5, 5.41) is 3.50. The first-order valence-electron chi connectivity index (χ1n) is 9.73. The molecule has 2 rings (SSSR count). The molecule has 1 N–H and O–H groups in total. The minimum atomic E-state index is -0.544. The topological polar surface area (TPSA) is 49.4 Å². The molecule has 2 amide bonds. The molecule has 2 aromatic carbocycles. The van der Waals surface area contributed by atoms with Crippen LogP contribution in [0.3, 0.4) is 0 Å². The molecule has 0 radical (unpaired) electrons. The van der Waals surface area contributed by atoms with E-state index in [4.69, 9.17) is 11.6 Å². The average Bonchev–Trinajstić information content (AvgIpc) is 2.68. The minimum absolute atomic E-state index is 0.101. The number of amides is 2. The van der Waals surface area contributed by atoms with Crippen LogP contribution in [0.1, 0.15) is 31.9 Å². The Bertz CT molecular complexity index is 777. The van der Waals surface area contributed by atoms with Gasteiger partial charge in [-0.1, -0.05) is 74.0 Å². The highest BCUT2D eigenvalue weighted by atomic mass is 35.5. The fraction of sp³-hybridized carbons (Fsp3) is 0.391. The summed E-state index contributed by atoms with van der Waals surface area (Å²) in [5.74, 6) is 0.123. The van der Waals surface area contributed by atoms with Gasteiger partial charge in [-0.25, -0.2) is 0 Å². The molecule has 0 heterocycles. The fourth-order valence-corrected chi connectivity index (χ4v) is 3.13. The zero-order chi connectivity index (χ0) is 20.5. The van der Waals surface area contributed by atoms with Crippen molar-refractivity contribution in [3.63, 3.8) is 0 Å². The first-order chi connectivity index (χ1) is 13.4. The Balaban J connectivity index is 2.13. The second kappa shape index (κ2) is 10.9. The number of nitrogens with zero attached hydrogens (tertiary/aromatic N) is 1. The lowest BCUT2D eigenvalue weighted by atomic mass is 10.1. The van der Waals surface area contributed by atoms with Gasteiger partial charge in [0.05, 0.1) is 6.42 Å². The number of halogens is 1. The smallest absolute Gasteiger partial charge is 0.242 e. The van der Waals surface area contributed by atoms with Gasteiger partial charge < -0.3 is 10.2 Å². The Kier molecular flexibility index (Phi) is 8.52. The first kappa shape index (κ1) is 22.0. The lowest BCUT2D eigenvalue weighted by molar-refractivity contribution is -0.139. The van der Waals surface area contributed by atoms with Crippen molar-refractivity contribution < 1.29 is 9.59 Å². The second-order valence-corrected chi connectivity index (χ2v) is 7.81. The number of carbonyl (C=O) groups excluding carboxylic acids is 2. The van der Waals surface area contributed by atoms with Crippen molar-refractivity contribution in [2.24, 2.45) is 5.92 Å². The number of nitrogens with one attached hydrogen (secondary N) is 1. The summed E-state index contributed by atoms with van der Waals surface area (Å²) in [6.07, 6.45) is 0.868. The highest BCUT2D eigenvalue weighted by Crippen LogP contribution is 2.17. The number of hydrogen-bond donors (Lipinski definition) is 1. The quantitative estimate of drug-likeness (QED) is 0.688. The summed E-state index contributed by atoms with van der Waals surface area (Å²) in [7, 11) is 0. The maximum Gasteiger partial charge on any atom is 0.242 e. The van der Waals surface area contributed by atoms with E-state index in [0.29, 0.717) is 30.5 Å². The predicted octanol–water partition coefficient (Wildman–Crippen LogP) is 4.11. The summed E-state index contributed by atoms with van der Waals surface area (Å²) in [6, 6.07) is 16.8. The van der Waals surface area contributed by atoms with Gasteiger partial charge >= 0.3 is 0 Å². The van der Waals surface area contributed by atoms with Gasteiger partial charge in [-0.2, -0.15) is 0 Å². The van der Waals surface area contributed by atoms with Gasteiger partial charge in [0.1, 0.15) is 6.04 Å². The summed E-state index contributed by atoms with van der Waals surface area (Å²) >= 11 is 6.22. The molecular weight excluding hydrogens is 372 g/mol. The van der Waals surface area contributed by atoms with E-state index in [1.165, 1.54) is 0 Å². The Labute approximate surface area is 172 Å². The molecule has 0 bridgehead atoms. The lowest BCUT2D eigenvalue weighted by Gasteiger charge is -2.29. The third-order valence-corrected chi connectivity index (χ3v) is 5.00. The Hall–Kier alpha value is -2.33. The molecule has 0 spiro atoms. The van der Waals surface area contributed by atoms with Gasteiger partial charge in [0.25, 0.3) is 0 Å². The molecule has 0 saturated carbocycles. The van der Waals surface area contributed by atoms with Crippen molar-refractivity contribution >= 4 is 23.4 Å². The van der Waals surface area contributed by atoms with Crippen LogP contribution in [-0.4, -0.2) is 35.8 Å². The Morgan fingerprint density at radius 3 is 2.29 bits per heavy atom. The molecule has 0 saturated heterocycles. The molecule has 0 aliphatic heterocycles. The Morgan fingerprint density at radius 1 is 1.00 bits per heavy atom. The van der Waals surface area contributed by atoms with Crippen LogP contribution in [0.15, 0.2) is 54.6 Å². The number of hydrogen-bond acceptors (Lipinski definition) is 2. The molecule has 0 aliphatic carbocycles. The standard InChI is InChI=1S/C23H29ClN2O2/c1-17(2)16-25-23(28)18(3)26(14-13-19-9-5-4-6-10-19)22(27)15-20-11-7-8-12-21(20)24/h4-12,17-18H,13-16H2,1-3H3,(H,25,28)/t18-/m1/s1. The molecule has 0 aliphatic rings. The highest BCUT2D eigenvalue weighted by Gasteiger charge is 2.26. The van der Waals surface area contributed by atoms with Crippen molar-refractivity contribution in [3.8, 4) is 0 Å². The van der Waals surface area contributed by atoms with Crippen LogP contribution in [0.2, 0.25) is 5.02 Å². The SMILES string of the molecule is CC(C)CNC(=O)[C@@H](C)N(CCc1ccccc1)C(=O)Cc1ccccc1Cl. The molecule has 0 aromatic heterocycles. The molecule has 2 aromatic rings. The molecule has 1 atom stereocenters. The molecule has 4 nitrogen and oxygen atoms in total. The van der Waals surface area contributed by atoms with E-state index in [-0.39, 0.29) is 18.2 Å². The van der Waals surface area contributed by atoms with Crippen LogP contribution in [0, 0.1) is 5.92 Å². The van der Waals surface area contributed by atoms with E-state index < -0.39 is 6.04 Å². The minimum Gasteiger partial charge on any atom is -0.354 e. The van der Waals surface area contributed by atoms with Crippen LogP contribution < -0.4 is 5.32 Å². The van der Waals surface area contributed by atoms with Gasteiger partial charge in [0.2, 0.25) is 11.8 Å². The third kappa shape index (κ3) is 6.68. The average molecular weight is 401 g/mol. The lowest BCUT2D eigenvalue weighted by Crippen LogP contribution is -2.49. The molecule has 0 unspecified atom stereocenters. The summed E-state index contributed by atoms with van der Waals surface area (Å²) in [5.41, 5.74) is 1.90. The van der Waals surface area contributed by atoms with Gasteiger partial charge in [0.15, 0.2) is 0 Å². The van der Waals surface area contributed by atoms with E-state index >= 15 is 0 Å². The fourth-order valence-electron chi connectivity index (χ4n) is 2.93. The van der Waals surface area contributed by atoms with Crippen molar-refractivity contribution in [3.05, 3.63) is 70.7 Å². The van der Waals surface area contributed by atoms with Gasteiger partial charge in [-0.05, 0) is 36.5 Å². The van der Waals surface area contributed by atoms with E-state index in [9.17, 15) is 9.59 Å². The van der Waals surface area contributed by atoms with E-state index in [2.05, 4.69) is 5.32 Å². The maximum atomic E-state index is 13.1. The van der Waals surface area contributed by atoms with Crippen LogP contribution in [0.25, 0.3) is 0 Å². The molecular formula is C23H29ClN2O2. The van der Waals surface area contributed by atoms with E-state index in [0.717, 1.165) is 11.1 Å². The predicted molar refractivity (Wildman–Crippen MR) is 114 cm³/mol. The number of carbonyl (C=O) groups is 2. The van der Waals surface area contributed by atoms with Gasteiger partial charge in [-0.3, -0.25) is 9.59 Å². The molecule has 28 heavy (non-hydrogen) atoms. The van der Waals surface area contributed by atoms with E-state index in [1.807, 2.05) is 62.4 Å². The second-order valence-electron chi connectivity index (χ2n) is 7.41. The normalized spacial score (nSPS) is 11.9. The molecule has 150 valence electrons. The van der Waals surface area contributed by atoms with Gasteiger partial charge in [-0.15, -0.1) is 0 Å². The van der Waals surface area contributed by atoms with Crippen LogP contribution in [0.5, 0.6) is 0 Å². The van der Waals surface area contributed by atoms with E-state index in [1.54, 1.807) is 17.9 Å². The number of benzene rings is 2. The summed E-state index contributed by atoms with van der Waals surface area (Å²) in [6.45, 7) is 6.93. The van der Waals surface area contributed by atoms with Crippen molar-refractivity contribution in [2.45, 2.75) is 39.7 Å². The largest absolute Gasteiger partial charge is 0.354 e. The first-order valence-corrected chi connectivity index (χ1v) is 10.1. The van der Waals surface area contributed by atoms with Crippen LogP contribution in [-0.2, 0) is 22.4 Å². The van der Waals surface area contributed by atoms with Crippen LogP contribution >= 0.6 is 11.6 Å². The monoisotopic (exact) mass is 400 g/mol. The maximum absolute atomic E-state index is 13.1. The summed E-state index contributed by atoms with van der Waals surface area (Å²) in [4.78, 5) is 27.3. The zero-order valence-electron chi connectivity index (χ0n) is 16.8.